The zero-order valence-electron chi connectivity index (χ0n) is 22.8. The molecule has 0 radical (unpaired) electrons. The normalized spacial score (nSPS) is 15.1. The van der Waals surface area contributed by atoms with Gasteiger partial charge < -0.3 is 24.8 Å². The molecule has 2 atom stereocenters. The predicted molar refractivity (Wildman–Crippen MR) is 147 cm³/mol. The van der Waals surface area contributed by atoms with Crippen LogP contribution >= 0.6 is 0 Å². The molecule has 4 rings (SSSR count). The van der Waals surface area contributed by atoms with Crippen LogP contribution in [0.25, 0.3) is 11.1 Å². The zero-order valence-corrected chi connectivity index (χ0v) is 22.8. The van der Waals surface area contributed by atoms with Gasteiger partial charge in [-0.2, -0.15) is 0 Å². The highest BCUT2D eigenvalue weighted by molar-refractivity contribution is 6.42. The molecule has 1 aliphatic rings. The van der Waals surface area contributed by atoms with E-state index in [2.05, 4.69) is 10.2 Å². The fraction of sp³-hybridized carbons (Fsp3) is 0.355. The van der Waals surface area contributed by atoms with Gasteiger partial charge >= 0.3 is 0 Å². The summed E-state index contributed by atoms with van der Waals surface area (Å²) in [6, 6.07) is 14.1. The summed E-state index contributed by atoms with van der Waals surface area (Å²) < 4.78 is 39.0. The Morgan fingerprint density at radius 3 is 2.15 bits per heavy atom. The number of nitrogens with zero attached hydrogens (tertiary/aromatic N) is 1. The molecule has 1 saturated heterocycles. The van der Waals surface area contributed by atoms with Crippen LogP contribution in [-0.4, -0.2) is 60.6 Å². The number of hydrogen-bond donors (Lipinski definition) is 2. The Bertz CT molecular complexity index is 1320. The number of carbonyl (C=O) groups excluding carboxylic acids is 2. The van der Waals surface area contributed by atoms with Crippen molar-refractivity contribution >= 4 is 11.7 Å². The lowest BCUT2D eigenvalue weighted by molar-refractivity contribution is -0.118. The first-order valence-corrected chi connectivity index (χ1v) is 13.3. The summed E-state index contributed by atoms with van der Waals surface area (Å²) in [5.41, 5.74) is 1.89. The van der Waals surface area contributed by atoms with Gasteiger partial charge in [-0.1, -0.05) is 36.4 Å². The van der Waals surface area contributed by atoms with E-state index < -0.39 is 29.7 Å². The van der Waals surface area contributed by atoms with Crippen molar-refractivity contribution in [2.24, 2.45) is 0 Å². The monoisotopic (exact) mass is 552 g/mol. The van der Waals surface area contributed by atoms with Gasteiger partial charge in [0.25, 0.3) is 5.91 Å². The Hall–Kier alpha value is -3.82. The van der Waals surface area contributed by atoms with E-state index in [4.69, 9.17) is 9.47 Å². The summed E-state index contributed by atoms with van der Waals surface area (Å²) >= 11 is 0. The molecule has 1 fully saturated rings. The van der Waals surface area contributed by atoms with Crippen molar-refractivity contribution in [2.45, 2.75) is 44.9 Å². The van der Waals surface area contributed by atoms with E-state index in [9.17, 15) is 23.5 Å². The minimum Gasteiger partial charge on any atom is -0.490 e. The molecule has 40 heavy (non-hydrogen) atoms. The van der Waals surface area contributed by atoms with Gasteiger partial charge in [-0.05, 0) is 80.7 Å². The lowest BCUT2D eigenvalue weighted by Gasteiger charge is -2.29. The molecule has 212 valence electrons. The Balaban J connectivity index is 1.55. The van der Waals surface area contributed by atoms with Crippen molar-refractivity contribution in [3.8, 4) is 22.6 Å². The third kappa shape index (κ3) is 7.03. The molecule has 3 aromatic rings. The van der Waals surface area contributed by atoms with Gasteiger partial charge in [0.05, 0.1) is 19.3 Å². The van der Waals surface area contributed by atoms with Crippen molar-refractivity contribution in [3.05, 3.63) is 83.4 Å². The summed E-state index contributed by atoms with van der Waals surface area (Å²) in [7, 11) is 1.33. The highest BCUT2D eigenvalue weighted by Gasteiger charge is 2.30. The summed E-state index contributed by atoms with van der Waals surface area (Å²) in [6.45, 7) is 5.42. The molecule has 1 amide bonds. The number of nitrogens with one attached hydrogen (secondary N) is 1. The molecule has 9 heteroatoms. The molecule has 0 saturated carbocycles. The fourth-order valence-electron chi connectivity index (χ4n) is 4.82. The maximum absolute atomic E-state index is 14.9. The second-order valence-corrected chi connectivity index (χ2v) is 10.1. The molecule has 0 bridgehead atoms. The number of ketones is 1. The number of amides is 1. The van der Waals surface area contributed by atoms with Crippen molar-refractivity contribution in [2.75, 3.05) is 26.7 Å². The van der Waals surface area contributed by atoms with E-state index in [0.29, 0.717) is 0 Å². The smallest absolute Gasteiger partial charge is 0.292 e. The standard InChI is InChI=1S/C31H34F2N2O5/c1-19(2)40-27-17-23(16-25(33)30(27)39-3)28(36)26(18-35-14-4-5-15-35)34-31(38)29(37)22-8-6-20(7-9-22)21-10-12-24(32)13-11-21/h6-13,16-17,19,26,28,36H,4-5,14-15,18H2,1-3H3,(H,34,38). The SMILES string of the molecule is COc1c(F)cc(C(O)C(CN2CCCC2)NC(=O)C(=O)c2ccc(-c3ccc(F)cc3)cc2)cc1OC(C)C. The molecule has 3 aromatic carbocycles. The van der Waals surface area contributed by atoms with Crippen molar-refractivity contribution in [3.63, 3.8) is 0 Å². The Kier molecular flexibility index (Phi) is 9.50. The fourth-order valence-corrected chi connectivity index (χ4v) is 4.82. The Labute approximate surface area is 232 Å². The van der Waals surface area contributed by atoms with E-state index in [1.54, 1.807) is 38.1 Å². The van der Waals surface area contributed by atoms with Crippen LogP contribution in [0.15, 0.2) is 60.7 Å². The van der Waals surface area contributed by atoms with Gasteiger partial charge in [0.15, 0.2) is 17.3 Å². The average molecular weight is 553 g/mol. The molecule has 2 unspecified atom stereocenters. The molecule has 1 heterocycles. The van der Waals surface area contributed by atoms with Crippen LogP contribution in [0, 0.1) is 11.6 Å². The minimum absolute atomic E-state index is 0.0796. The van der Waals surface area contributed by atoms with Crippen LogP contribution in [-0.2, 0) is 4.79 Å². The molecular formula is C31H34F2N2O5. The highest BCUT2D eigenvalue weighted by atomic mass is 19.1. The van der Waals surface area contributed by atoms with Crippen LogP contribution in [0.5, 0.6) is 11.5 Å². The maximum atomic E-state index is 14.9. The summed E-state index contributed by atoms with van der Waals surface area (Å²) in [4.78, 5) is 28.2. The van der Waals surface area contributed by atoms with E-state index in [1.165, 1.54) is 37.4 Å². The number of likely N-dealkylation sites (tertiary alicyclic amines) is 1. The molecule has 0 spiro atoms. The van der Waals surface area contributed by atoms with Gasteiger partial charge in [0.2, 0.25) is 5.78 Å². The van der Waals surface area contributed by atoms with Crippen LogP contribution in [0.2, 0.25) is 0 Å². The number of aliphatic hydroxyl groups excluding tert-OH is 1. The van der Waals surface area contributed by atoms with Crippen LogP contribution < -0.4 is 14.8 Å². The number of benzene rings is 3. The number of halogens is 2. The summed E-state index contributed by atoms with van der Waals surface area (Å²) in [5.74, 6) is -2.66. The third-order valence-electron chi connectivity index (χ3n) is 6.82. The Morgan fingerprint density at radius 2 is 1.57 bits per heavy atom. The first kappa shape index (κ1) is 29.2. The van der Waals surface area contributed by atoms with E-state index in [1.807, 2.05) is 0 Å². The lowest BCUT2D eigenvalue weighted by atomic mass is 9.99. The minimum atomic E-state index is -1.33. The van der Waals surface area contributed by atoms with Crippen molar-refractivity contribution in [1.29, 1.82) is 0 Å². The number of ether oxygens (including phenoxy) is 2. The molecule has 7 nitrogen and oxygen atoms in total. The first-order chi connectivity index (χ1) is 19.2. The second kappa shape index (κ2) is 13.0. The average Bonchev–Trinajstić information content (AvgIpc) is 3.45. The maximum Gasteiger partial charge on any atom is 0.292 e. The van der Waals surface area contributed by atoms with E-state index in [-0.39, 0.29) is 41.1 Å². The number of hydrogen-bond acceptors (Lipinski definition) is 6. The van der Waals surface area contributed by atoms with E-state index in [0.717, 1.165) is 43.1 Å². The first-order valence-electron chi connectivity index (χ1n) is 13.3. The summed E-state index contributed by atoms with van der Waals surface area (Å²) in [5, 5.41) is 14.0. The second-order valence-electron chi connectivity index (χ2n) is 10.1. The zero-order chi connectivity index (χ0) is 28.8. The number of rotatable bonds is 11. The number of carbonyl (C=O) groups is 2. The molecular weight excluding hydrogens is 518 g/mol. The molecule has 1 aliphatic heterocycles. The van der Waals surface area contributed by atoms with Crippen LogP contribution in [0.1, 0.15) is 48.7 Å². The number of Topliss-reactive ketones (excluding diaryl/α,β-unsaturated/α-hetero) is 1. The quantitative estimate of drug-likeness (QED) is 0.259. The van der Waals surface area contributed by atoms with Gasteiger partial charge in [0, 0.05) is 12.1 Å². The third-order valence-corrected chi connectivity index (χ3v) is 6.82. The number of aliphatic hydroxyl groups is 1. The number of methoxy groups -OCH3 is 1. The van der Waals surface area contributed by atoms with Crippen molar-refractivity contribution < 1.29 is 33.0 Å². The molecule has 0 aliphatic carbocycles. The Morgan fingerprint density at radius 1 is 0.975 bits per heavy atom. The van der Waals surface area contributed by atoms with Gasteiger partial charge in [-0.25, -0.2) is 8.78 Å². The topological polar surface area (TPSA) is 88.1 Å². The highest BCUT2D eigenvalue weighted by Crippen LogP contribution is 2.35. The van der Waals surface area contributed by atoms with Crippen LogP contribution in [0.4, 0.5) is 8.78 Å². The van der Waals surface area contributed by atoms with Crippen LogP contribution in [0.3, 0.4) is 0 Å². The van der Waals surface area contributed by atoms with Crippen molar-refractivity contribution in [1.82, 2.24) is 10.2 Å². The van der Waals surface area contributed by atoms with Gasteiger partial charge in [0.1, 0.15) is 11.9 Å². The van der Waals surface area contributed by atoms with Gasteiger partial charge in [-0.3, -0.25) is 9.59 Å². The van der Waals surface area contributed by atoms with E-state index >= 15 is 0 Å². The molecule has 0 aromatic heterocycles. The lowest BCUT2D eigenvalue weighted by Crippen LogP contribution is -2.48. The van der Waals surface area contributed by atoms with Gasteiger partial charge in [-0.15, -0.1) is 0 Å². The predicted octanol–water partition coefficient (Wildman–Crippen LogP) is 4.92. The largest absolute Gasteiger partial charge is 0.490 e. The molecule has 2 N–H and O–H groups in total. The summed E-state index contributed by atoms with van der Waals surface area (Å²) in [6.07, 6.45) is 0.375.